The van der Waals surface area contributed by atoms with Crippen LogP contribution in [0.3, 0.4) is 0 Å². The zero-order valence-corrected chi connectivity index (χ0v) is 17.3. The smallest absolute Gasteiger partial charge is 0.175 e. The third-order valence-electron chi connectivity index (χ3n) is 5.31. The maximum Gasteiger partial charge on any atom is 0.175 e. The molecule has 1 aliphatic rings. The lowest BCUT2D eigenvalue weighted by molar-refractivity contribution is -0.128. The minimum Gasteiger partial charge on any atom is -0.507 e. The molecular formula is C22H30N4O3. The first kappa shape index (κ1) is 20.9. The van der Waals surface area contributed by atoms with Gasteiger partial charge in [-0.15, -0.1) is 0 Å². The SMILES string of the molecule is CC(C)(C)C(=O)COc1cccc(O)c1-c1cc(C2CCCNC2)c(N)c(N)n1. The fourth-order valence-electron chi connectivity index (χ4n) is 3.44. The quantitative estimate of drug-likeness (QED) is 0.610. The number of phenols is 1. The van der Waals surface area contributed by atoms with E-state index < -0.39 is 5.41 Å². The Morgan fingerprint density at radius 1 is 1.34 bits per heavy atom. The largest absolute Gasteiger partial charge is 0.507 e. The van der Waals surface area contributed by atoms with Crippen molar-refractivity contribution in [3.8, 4) is 22.8 Å². The highest BCUT2D eigenvalue weighted by Gasteiger charge is 2.25. The first-order valence-corrected chi connectivity index (χ1v) is 9.93. The molecule has 1 saturated heterocycles. The molecule has 2 heterocycles. The zero-order valence-electron chi connectivity index (χ0n) is 17.3. The number of carbonyl (C=O) groups excluding carboxylic acids is 1. The molecule has 7 heteroatoms. The van der Waals surface area contributed by atoms with Gasteiger partial charge in [-0.3, -0.25) is 4.79 Å². The molecule has 3 rings (SSSR count). The minimum absolute atomic E-state index is 0.00935. The highest BCUT2D eigenvalue weighted by Crippen LogP contribution is 2.41. The van der Waals surface area contributed by atoms with Crippen molar-refractivity contribution < 1.29 is 14.6 Å². The second kappa shape index (κ2) is 8.29. The Morgan fingerprint density at radius 2 is 2.10 bits per heavy atom. The van der Waals surface area contributed by atoms with Crippen molar-refractivity contribution >= 4 is 17.3 Å². The molecule has 1 atom stereocenters. The molecule has 0 aliphatic carbocycles. The van der Waals surface area contributed by atoms with E-state index in [1.807, 2.05) is 26.8 Å². The summed E-state index contributed by atoms with van der Waals surface area (Å²) in [6.07, 6.45) is 2.06. The first-order chi connectivity index (χ1) is 13.7. The number of nitrogen functional groups attached to an aromatic ring is 2. The number of hydrogen-bond acceptors (Lipinski definition) is 7. The fraction of sp³-hybridized carbons (Fsp3) is 0.455. The molecule has 1 fully saturated rings. The molecule has 29 heavy (non-hydrogen) atoms. The number of nitrogens with one attached hydrogen (secondary N) is 1. The average molecular weight is 399 g/mol. The van der Waals surface area contributed by atoms with Crippen molar-refractivity contribution in [2.24, 2.45) is 5.41 Å². The Hall–Kier alpha value is -2.80. The minimum atomic E-state index is -0.512. The van der Waals surface area contributed by atoms with Gasteiger partial charge in [-0.2, -0.15) is 0 Å². The van der Waals surface area contributed by atoms with Gasteiger partial charge in [0.05, 0.1) is 16.9 Å². The Morgan fingerprint density at radius 3 is 2.76 bits per heavy atom. The van der Waals surface area contributed by atoms with E-state index in [-0.39, 0.29) is 29.9 Å². The van der Waals surface area contributed by atoms with Crippen LogP contribution in [0.1, 0.15) is 45.1 Å². The van der Waals surface area contributed by atoms with Crippen LogP contribution >= 0.6 is 0 Å². The maximum absolute atomic E-state index is 12.3. The number of nitrogens with zero attached hydrogens (tertiary/aromatic N) is 1. The highest BCUT2D eigenvalue weighted by atomic mass is 16.5. The number of ether oxygens (including phenoxy) is 1. The van der Waals surface area contributed by atoms with E-state index in [1.54, 1.807) is 18.2 Å². The van der Waals surface area contributed by atoms with Gasteiger partial charge in [0.2, 0.25) is 0 Å². The lowest BCUT2D eigenvalue weighted by Crippen LogP contribution is -2.29. The van der Waals surface area contributed by atoms with Crippen LogP contribution in [-0.4, -0.2) is 35.6 Å². The molecule has 156 valence electrons. The number of benzene rings is 1. The normalized spacial score (nSPS) is 17.1. The summed E-state index contributed by atoms with van der Waals surface area (Å²) in [5, 5.41) is 13.9. The van der Waals surface area contributed by atoms with Crippen molar-refractivity contribution in [2.75, 3.05) is 31.2 Å². The van der Waals surface area contributed by atoms with Gasteiger partial charge in [-0.1, -0.05) is 26.8 Å². The average Bonchev–Trinajstić information content (AvgIpc) is 2.68. The monoisotopic (exact) mass is 398 g/mol. The second-order valence-electron chi connectivity index (χ2n) is 8.55. The molecule has 0 radical (unpaired) electrons. The van der Waals surface area contributed by atoms with Crippen molar-refractivity contribution in [2.45, 2.75) is 39.5 Å². The van der Waals surface area contributed by atoms with Crippen molar-refractivity contribution in [1.29, 1.82) is 0 Å². The molecule has 6 N–H and O–H groups in total. The number of ketones is 1. The van der Waals surface area contributed by atoms with Crippen LogP contribution in [0.5, 0.6) is 11.5 Å². The van der Waals surface area contributed by atoms with Gasteiger partial charge in [-0.05, 0) is 49.1 Å². The summed E-state index contributed by atoms with van der Waals surface area (Å²) in [6.45, 7) is 7.24. The molecular weight excluding hydrogens is 368 g/mol. The van der Waals surface area contributed by atoms with Crippen molar-refractivity contribution in [3.05, 3.63) is 29.8 Å². The predicted octanol–water partition coefficient (Wildman–Crippen LogP) is 3.08. The summed E-state index contributed by atoms with van der Waals surface area (Å²) in [5.41, 5.74) is 14.1. The molecule has 0 spiro atoms. The topological polar surface area (TPSA) is 123 Å². The lowest BCUT2D eigenvalue weighted by Gasteiger charge is -2.25. The molecule has 0 saturated carbocycles. The Labute approximate surface area is 171 Å². The van der Waals surface area contributed by atoms with Crippen LogP contribution < -0.4 is 21.5 Å². The highest BCUT2D eigenvalue weighted by molar-refractivity contribution is 5.85. The van der Waals surface area contributed by atoms with Crippen LogP contribution in [0.2, 0.25) is 0 Å². The first-order valence-electron chi connectivity index (χ1n) is 9.93. The number of piperidine rings is 1. The number of anilines is 2. The Kier molecular flexibility index (Phi) is 5.98. The third kappa shape index (κ3) is 4.62. The van der Waals surface area contributed by atoms with E-state index in [1.165, 1.54) is 0 Å². The van der Waals surface area contributed by atoms with E-state index in [0.717, 1.165) is 31.5 Å². The van der Waals surface area contributed by atoms with E-state index in [0.29, 0.717) is 22.7 Å². The van der Waals surface area contributed by atoms with Gasteiger partial charge in [0.25, 0.3) is 0 Å². The molecule has 1 unspecified atom stereocenters. The molecule has 1 aromatic heterocycles. The zero-order chi connectivity index (χ0) is 21.2. The predicted molar refractivity (Wildman–Crippen MR) is 115 cm³/mol. The van der Waals surface area contributed by atoms with Crippen LogP contribution in [0.25, 0.3) is 11.3 Å². The van der Waals surface area contributed by atoms with Gasteiger partial charge in [0.1, 0.15) is 23.9 Å². The van der Waals surface area contributed by atoms with Crippen LogP contribution in [0.15, 0.2) is 24.3 Å². The molecule has 1 aliphatic heterocycles. The number of aromatic nitrogens is 1. The van der Waals surface area contributed by atoms with Crippen molar-refractivity contribution in [3.63, 3.8) is 0 Å². The number of carbonyl (C=O) groups is 1. The standard InChI is InChI=1S/C22H30N4O3/c1-22(2,3)18(28)12-29-17-8-4-7-16(27)19(17)15-10-14(20(23)21(24)26-15)13-6-5-9-25-11-13/h4,7-8,10,13,25,27H,5-6,9,11-12,23H2,1-3H3,(H2,24,26). The summed E-state index contributed by atoms with van der Waals surface area (Å²) in [6, 6.07) is 6.81. The van der Waals surface area contributed by atoms with Crippen LogP contribution in [0, 0.1) is 5.41 Å². The molecule has 2 aromatic rings. The number of pyridine rings is 1. The number of aromatic hydroxyl groups is 1. The summed E-state index contributed by atoms with van der Waals surface area (Å²) < 4.78 is 5.78. The summed E-state index contributed by atoms with van der Waals surface area (Å²) in [7, 11) is 0. The van der Waals surface area contributed by atoms with Gasteiger partial charge in [0.15, 0.2) is 5.78 Å². The van der Waals surface area contributed by atoms with Crippen molar-refractivity contribution in [1.82, 2.24) is 10.3 Å². The van der Waals surface area contributed by atoms with Gasteiger partial charge in [0, 0.05) is 12.0 Å². The van der Waals surface area contributed by atoms with Crippen LogP contribution in [0.4, 0.5) is 11.5 Å². The molecule has 1 aromatic carbocycles. The van der Waals surface area contributed by atoms with E-state index in [4.69, 9.17) is 16.2 Å². The molecule has 0 bridgehead atoms. The fourth-order valence-corrected chi connectivity index (χ4v) is 3.44. The third-order valence-corrected chi connectivity index (χ3v) is 5.31. The number of rotatable bonds is 5. The number of Topliss-reactive ketones (excluding diaryl/α,β-unsaturated/α-hetero) is 1. The maximum atomic E-state index is 12.3. The van der Waals surface area contributed by atoms with Gasteiger partial charge in [-0.25, -0.2) is 4.98 Å². The van der Waals surface area contributed by atoms with Gasteiger partial charge < -0.3 is 26.6 Å². The Balaban J connectivity index is 2.00. The summed E-state index contributed by atoms with van der Waals surface area (Å²) in [5.74, 6) is 0.807. The van der Waals surface area contributed by atoms with Gasteiger partial charge >= 0.3 is 0 Å². The lowest BCUT2D eigenvalue weighted by atomic mass is 9.89. The van der Waals surface area contributed by atoms with E-state index in [9.17, 15) is 9.90 Å². The molecule has 0 amide bonds. The number of phenolic OH excluding ortho intramolecular Hbond substituents is 1. The summed E-state index contributed by atoms with van der Waals surface area (Å²) in [4.78, 5) is 16.7. The Bertz CT molecular complexity index is 900. The van der Waals surface area contributed by atoms with Crippen LogP contribution in [-0.2, 0) is 4.79 Å². The van der Waals surface area contributed by atoms with E-state index in [2.05, 4.69) is 10.3 Å². The number of nitrogens with two attached hydrogens (primary N) is 2. The number of hydrogen-bond donors (Lipinski definition) is 4. The van der Waals surface area contributed by atoms with E-state index >= 15 is 0 Å². The molecule has 7 nitrogen and oxygen atoms in total. The second-order valence-corrected chi connectivity index (χ2v) is 8.55. The summed E-state index contributed by atoms with van der Waals surface area (Å²) >= 11 is 0.